The molecule has 2 N–H and O–H groups in total. The SMILES string of the molecule is O=C(Nc1ccccc1)N(CCNS(=O)(=O)c1ccc(Br)cc1)c1ccc(Oc2ccccc2)cc1. The topological polar surface area (TPSA) is 87.7 Å². The van der Waals surface area contributed by atoms with Crippen LogP contribution >= 0.6 is 15.9 Å². The van der Waals surface area contributed by atoms with Gasteiger partial charge in [0.2, 0.25) is 10.0 Å². The van der Waals surface area contributed by atoms with E-state index in [1.165, 1.54) is 17.0 Å². The Hall–Kier alpha value is -3.66. The number of rotatable bonds is 9. The van der Waals surface area contributed by atoms with Crippen molar-refractivity contribution < 1.29 is 17.9 Å². The van der Waals surface area contributed by atoms with Crippen LogP contribution in [0.5, 0.6) is 11.5 Å². The lowest BCUT2D eigenvalue weighted by Gasteiger charge is -2.24. The zero-order valence-corrected chi connectivity index (χ0v) is 21.6. The molecule has 0 heterocycles. The largest absolute Gasteiger partial charge is 0.457 e. The van der Waals surface area contributed by atoms with Crippen molar-refractivity contribution in [2.75, 3.05) is 23.3 Å². The van der Waals surface area contributed by atoms with Gasteiger partial charge in [0.1, 0.15) is 11.5 Å². The molecule has 0 aliphatic carbocycles. The summed E-state index contributed by atoms with van der Waals surface area (Å²) in [5.41, 5.74) is 1.22. The second-order valence-corrected chi connectivity index (χ2v) is 10.4. The molecule has 4 aromatic carbocycles. The van der Waals surface area contributed by atoms with Crippen LogP contribution in [-0.4, -0.2) is 27.5 Å². The average Bonchev–Trinajstić information content (AvgIpc) is 2.89. The summed E-state index contributed by atoms with van der Waals surface area (Å²) in [4.78, 5) is 14.8. The average molecular weight is 566 g/mol. The minimum absolute atomic E-state index is 0.0167. The quantitative estimate of drug-likeness (QED) is 0.251. The number of hydrogen-bond donors (Lipinski definition) is 2. The summed E-state index contributed by atoms with van der Waals surface area (Å²) < 4.78 is 34.5. The third-order valence-electron chi connectivity index (χ3n) is 5.15. The van der Waals surface area contributed by atoms with E-state index in [9.17, 15) is 13.2 Å². The Morgan fingerprint density at radius 1 is 0.778 bits per heavy atom. The number of carbonyl (C=O) groups excluding carboxylic acids is 1. The second kappa shape index (κ2) is 11.9. The fraction of sp³-hybridized carbons (Fsp3) is 0.0741. The van der Waals surface area contributed by atoms with Gasteiger partial charge in [-0.15, -0.1) is 0 Å². The molecule has 2 amide bonds. The number of carbonyl (C=O) groups is 1. The van der Waals surface area contributed by atoms with Crippen LogP contribution in [0, 0.1) is 0 Å². The number of benzene rings is 4. The van der Waals surface area contributed by atoms with Crippen LogP contribution in [0.25, 0.3) is 0 Å². The van der Waals surface area contributed by atoms with Gasteiger partial charge in [0.05, 0.1) is 4.90 Å². The number of para-hydroxylation sites is 2. The van der Waals surface area contributed by atoms with Crippen LogP contribution in [0.4, 0.5) is 16.2 Å². The molecule has 9 heteroatoms. The number of ether oxygens (including phenoxy) is 1. The summed E-state index contributed by atoms with van der Waals surface area (Å²) >= 11 is 3.30. The third kappa shape index (κ3) is 6.94. The van der Waals surface area contributed by atoms with Crippen molar-refractivity contribution in [3.05, 3.63) is 114 Å². The van der Waals surface area contributed by atoms with Crippen molar-refractivity contribution in [1.29, 1.82) is 0 Å². The Balaban J connectivity index is 1.49. The standard InChI is InChI=1S/C27H24BrN3O4S/c28-21-11-17-26(18-12-21)36(33,34)29-19-20-31(27(32)30-22-7-3-1-4-8-22)23-13-15-25(16-14-23)35-24-9-5-2-6-10-24/h1-18,29H,19-20H2,(H,30,32). The van der Waals surface area contributed by atoms with E-state index in [1.807, 2.05) is 48.5 Å². The van der Waals surface area contributed by atoms with Gasteiger partial charge in [0.25, 0.3) is 0 Å². The number of sulfonamides is 1. The lowest BCUT2D eigenvalue weighted by Crippen LogP contribution is -2.41. The maximum Gasteiger partial charge on any atom is 0.326 e. The predicted molar refractivity (Wildman–Crippen MR) is 145 cm³/mol. The normalized spacial score (nSPS) is 11.0. The molecule has 0 spiro atoms. The number of nitrogens with zero attached hydrogens (tertiary/aromatic N) is 1. The predicted octanol–water partition coefficient (Wildman–Crippen LogP) is 6.26. The van der Waals surface area contributed by atoms with Crippen molar-refractivity contribution in [2.24, 2.45) is 0 Å². The molecule has 0 atom stereocenters. The van der Waals surface area contributed by atoms with Gasteiger partial charge < -0.3 is 10.1 Å². The summed E-state index contributed by atoms with van der Waals surface area (Å²) in [5.74, 6) is 1.32. The molecule has 0 aromatic heterocycles. The van der Waals surface area contributed by atoms with Crippen LogP contribution < -0.4 is 19.7 Å². The number of anilines is 2. The highest BCUT2D eigenvalue weighted by Crippen LogP contribution is 2.25. The van der Waals surface area contributed by atoms with Gasteiger partial charge in [0.15, 0.2) is 0 Å². The lowest BCUT2D eigenvalue weighted by molar-refractivity contribution is 0.257. The number of urea groups is 1. The first-order chi connectivity index (χ1) is 17.4. The Morgan fingerprint density at radius 2 is 1.36 bits per heavy atom. The highest BCUT2D eigenvalue weighted by Gasteiger charge is 2.19. The van der Waals surface area contributed by atoms with Crippen LogP contribution in [0.15, 0.2) is 119 Å². The summed E-state index contributed by atoms with van der Waals surface area (Å²) in [6, 6.07) is 31.4. The van der Waals surface area contributed by atoms with E-state index in [1.54, 1.807) is 48.5 Å². The molecule has 4 rings (SSSR count). The van der Waals surface area contributed by atoms with Gasteiger partial charge in [0, 0.05) is 28.9 Å². The summed E-state index contributed by atoms with van der Waals surface area (Å²) in [5, 5.41) is 2.85. The molecule has 36 heavy (non-hydrogen) atoms. The Morgan fingerprint density at radius 3 is 2.00 bits per heavy atom. The van der Waals surface area contributed by atoms with Gasteiger partial charge in [-0.1, -0.05) is 52.3 Å². The van der Waals surface area contributed by atoms with E-state index in [-0.39, 0.29) is 24.0 Å². The zero-order valence-electron chi connectivity index (χ0n) is 19.2. The first-order valence-electron chi connectivity index (χ1n) is 11.1. The Bertz CT molecular complexity index is 1380. The van der Waals surface area contributed by atoms with Crippen LogP contribution in [-0.2, 0) is 10.0 Å². The first-order valence-corrected chi connectivity index (χ1v) is 13.4. The molecule has 0 saturated heterocycles. The van der Waals surface area contributed by atoms with Crippen LogP contribution in [0.3, 0.4) is 0 Å². The maximum atomic E-state index is 13.2. The molecule has 0 aliphatic rings. The highest BCUT2D eigenvalue weighted by atomic mass is 79.9. The highest BCUT2D eigenvalue weighted by molar-refractivity contribution is 9.10. The fourth-order valence-corrected chi connectivity index (χ4v) is 4.65. The molecular formula is C27H24BrN3O4S. The smallest absolute Gasteiger partial charge is 0.326 e. The molecule has 0 radical (unpaired) electrons. The number of nitrogens with one attached hydrogen (secondary N) is 2. The third-order valence-corrected chi connectivity index (χ3v) is 7.15. The van der Waals surface area contributed by atoms with Gasteiger partial charge in [-0.05, 0) is 72.8 Å². The molecular weight excluding hydrogens is 542 g/mol. The Labute approximate surface area is 218 Å². The Kier molecular flexibility index (Phi) is 8.37. The van der Waals surface area contributed by atoms with Gasteiger partial charge >= 0.3 is 6.03 Å². The summed E-state index contributed by atoms with van der Waals surface area (Å²) in [6.45, 7) is 0.121. The zero-order chi connectivity index (χ0) is 25.4. The summed E-state index contributed by atoms with van der Waals surface area (Å²) in [7, 11) is -3.73. The van der Waals surface area contributed by atoms with E-state index >= 15 is 0 Å². The lowest BCUT2D eigenvalue weighted by atomic mass is 10.2. The maximum absolute atomic E-state index is 13.2. The number of amides is 2. The molecule has 0 unspecified atom stereocenters. The van der Waals surface area contributed by atoms with Crippen molar-refractivity contribution in [1.82, 2.24) is 4.72 Å². The molecule has 7 nitrogen and oxygen atoms in total. The van der Waals surface area contributed by atoms with E-state index in [2.05, 4.69) is 26.0 Å². The second-order valence-electron chi connectivity index (χ2n) is 7.71. The summed E-state index contributed by atoms with van der Waals surface area (Å²) in [6.07, 6.45) is 0. The molecule has 184 valence electrons. The van der Waals surface area contributed by atoms with Gasteiger partial charge in [-0.3, -0.25) is 4.90 Å². The van der Waals surface area contributed by atoms with Crippen LogP contribution in [0.1, 0.15) is 0 Å². The molecule has 0 bridgehead atoms. The van der Waals surface area contributed by atoms with Crippen LogP contribution in [0.2, 0.25) is 0 Å². The molecule has 0 saturated carbocycles. The van der Waals surface area contributed by atoms with E-state index in [4.69, 9.17) is 4.74 Å². The van der Waals surface area contributed by atoms with Gasteiger partial charge in [-0.25, -0.2) is 17.9 Å². The fourth-order valence-electron chi connectivity index (χ4n) is 3.37. The molecule has 4 aromatic rings. The van der Waals surface area contributed by atoms with Crippen molar-refractivity contribution in [3.8, 4) is 11.5 Å². The minimum atomic E-state index is -3.73. The van der Waals surface area contributed by atoms with E-state index < -0.39 is 10.0 Å². The monoisotopic (exact) mass is 565 g/mol. The van der Waals surface area contributed by atoms with Crippen molar-refractivity contribution >= 4 is 43.4 Å². The van der Waals surface area contributed by atoms with E-state index in [0.29, 0.717) is 22.9 Å². The van der Waals surface area contributed by atoms with Crippen molar-refractivity contribution in [3.63, 3.8) is 0 Å². The number of hydrogen-bond acceptors (Lipinski definition) is 4. The molecule has 0 fully saturated rings. The molecule has 0 aliphatic heterocycles. The first kappa shape index (κ1) is 25.4. The minimum Gasteiger partial charge on any atom is -0.457 e. The van der Waals surface area contributed by atoms with Crippen molar-refractivity contribution in [2.45, 2.75) is 4.90 Å². The number of halogens is 1. The van der Waals surface area contributed by atoms with Gasteiger partial charge in [-0.2, -0.15) is 0 Å². The van der Waals surface area contributed by atoms with E-state index in [0.717, 1.165) is 4.47 Å².